The van der Waals surface area contributed by atoms with Crippen molar-refractivity contribution in [2.45, 2.75) is 31.4 Å². The smallest absolute Gasteiger partial charge is 0.338 e. The van der Waals surface area contributed by atoms with Crippen molar-refractivity contribution < 1.29 is 37.3 Å². The maximum absolute atomic E-state index is 14.9. The van der Waals surface area contributed by atoms with Crippen molar-refractivity contribution in [1.82, 2.24) is 15.2 Å². The number of aromatic nitrogens is 1. The number of thiazole rings is 1. The lowest BCUT2D eigenvalue weighted by Gasteiger charge is -2.39. The zero-order valence-electron chi connectivity index (χ0n) is 20.1. The first kappa shape index (κ1) is 28.0. The number of halogens is 4. The van der Waals surface area contributed by atoms with E-state index in [4.69, 9.17) is 26.2 Å². The number of likely N-dealkylation sites (tertiary alicyclic amines) is 1. The van der Waals surface area contributed by atoms with Gasteiger partial charge in [0.25, 0.3) is 5.92 Å². The average molecular weight is 573 g/mol. The van der Waals surface area contributed by atoms with E-state index in [9.17, 15) is 22.8 Å². The van der Waals surface area contributed by atoms with E-state index in [-0.39, 0.29) is 42.4 Å². The molecule has 0 saturated carbocycles. The molecule has 1 aromatic heterocycles. The number of rotatable bonds is 9. The van der Waals surface area contributed by atoms with Gasteiger partial charge in [-0.3, -0.25) is 9.89 Å². The summed E-state index contributed by atoms with van der Waals surface area (Å²) in [6.07, 6.45) is -0.106. The predicted octanol–water partition coefficient (Wildman–Crippen LogP) is 3.65. The Morgan fingerprint density at radius 2 is 2.16 bits per heavy atom. The molecule has 14 heteroatoms. The molecule has 2 aliphatic heterocycles. The fraction of sp³-hybridized carbons (Fsp3) is 0.417. The predicted molar refractivity (Wildman–Crippen MR) is 133 cm³/mol. The van der Waals surface area contributed by atoms with Gasteiger partial charge in [0.15, 0.2) is 10.8 Å². The fourth-order valence-corrected chi connectivity index (χ4v) is 5.15. The van der Waals surface area contributed by atoms with Crippen molar-refractivity contribution in [3.05, 3.63) is 62.5 Å². The van der Waals surface area contributed by atoms with Gasteiger partial charge >= 0.3 is 11.9 Å². The summed E-state index contributed by atoms with van der Waals surface area (Å²) >= 11 is 7.62. The molecule has 3 heterocycles. The third-order valence-corrected chi connectivity index (χ3v) is 7.02. The first-order valence-corrected chi connectivity index (χ1v) is 12.9. The van der Waals surface area contributed by atoms with Crippen LogP contribution in [0.1, 0.15) is 30.0 Å². The second-order valence-corrected chi connectivity index (χ2v) is 9.88. The van der Waals surface area contributed by atoms with Crippen LogP contribution in [0, 0.1) is 5.82 Å². The highest BCUT2D eigenvalue weighted by Crippen LogP contribution is 2.38. The van der Waals surface area contributed by atoms with E-state index in [0.29, 0.717) is 16.4 Å². The number of nitrogens with zero attached hydrogens (tertiary/aromatic N) is 3. The molecular formula is C24H24ClF3N4O5S. The second kappa shape index (κ2) is 11.8. The summed E-state index contributed by atoms with van der Waals surface area (Å²) in [5.41, 5.74) is 0.637. The zero-order valence-corrected chi connectivity index (χ0v) is 21.7. The van der Waals surface area contributed by atoms with Crippen LogP contribution in [-0.2, 0) is 19.1 Å². The lowest BCUT2D eigenvalue weighted by Crippen LogP contribution is -2.54. The number of aliphatic imine (C=N–C) groups is 1. The van der Waals surface area contributed by atoms with E-state index < -0.39 is 49.0 Å². The lowest BCUT2D eigenvalue weighted by molar-refractivity contribution is -0.180. The molecule has 204 valence electrons. The van der Waals surface area contributed by atoms with E-state index in [1.807, 2.05) is 0 Å². The summed E-state index contributed by atoms with van der Waals surface area (Å²) < 4.78 is 53.7. The molecule has 2 aromatic rings. The number of carbonyl (C=O) groups is 2. The normalized spacial score (nSPS) is 21.6. The van der Waals surface area contributed by atoms with E-state index in [2.05, 4.69) is 15.3 Å². The molecule has 0 amide bonds. The number of hydrogen-bond donors (Lipinski definition) is 2. The lowest BCUT2D eigenvalue weighted by atomic mass is 9.94. The molecule has 0 radical (unpaired) electrons. The molecule has 0 spiro atoms. The van der Waals surface area contributed by atoms with Gasteiger partial charge in [0, 0.05) is 40.9 Å². The number of carbonyl (C=O) groups excluding carboxylic acids is 1. The van der Waals surface area contributed by atoms with Crippen molar-refractivity contribution in [3.63, 3.8) is 0 Å². The Hall–Kier alpha value is -3.00. The third-order valence-electron chi connectivity index (χ3n) is 5.92. The number of piperidine rings is 1. The number of benzene rings is 1. The topological polar surface area (TPSA) is 113 Å². The highest BCUT2D eigenvalue weighted by molar-refractivity contribution is 7.11. The Balaban J connectivity index is 1.71. The van der Waals surface area contributed by atoms with E-state index in [1.54, 1.807) is 18.5 Å². The Labute approximate surface area is 224 Å². The number of aliphatic carboxylic acids is 1. The Morgan fingerprint density at radius 3 is 2.79 bits per heavy atom. The van der Waals surface area contributed by atoms with Gasteiger partial charge in [-0.2, -0.15) is 0 Å². The first-order chi connectivity index (χ1) is 18.1. The number of amidine groups is 1. The summed E-state index contributed by atoms with van der Waals surface area (Å²) in [4.78, 5) is 34.3. The monoisotopic (exact) mass is 572 g/mol. The number of carboxylic acid groups (broad SMARTS) is 1. The molecule has 1 fully saturated rings. The number of ether oxygens (including phenoxy) is 2. The maximum Gasteiger partial charge on any atom is 0.338 e. The summed E-state index contributed by atoms with van der Waals surface area (Å²) in [6, 6.07) is 2.68. The second-order valence-electron chi connectivity index (χ2n) is 8.57. The molecule has 38 heavy (non-hydrogen) atoms. The van der Waals surface area contributed by atoms with E-state index in [1.165, 1.54) is 28.4 Å². The number of esters is 1. The Morgan fingerprint density at radius 1 is 1.37 bits per heavy atom. The average Bonchev–Trinajstić information content (AvgIpc) is 3.38. The van der Waals surface area contributed by atoms with Crippen LogP contribution in [0.25, 0.3) is 0 Å². The van der Waals surface area contributed by atoms with Gasteiger partial charge in [0.05, 0.1) is 18.7 Å². The standard InChI is InChI=1S/C24H24ClF3N4O5S/c1-2-36-23(35)19-16(10-32-7-5-17(24(27,28)12-32)37-11-18(33)34)30-21(22-29-6-8-38-22)31-20(19)14-4-3-13(26)9-15(14)25/h3-4,6,8-9,17,20H,2,5,7,10-12H2,1H3,(H,30,31)(H,33,34). The maximum atomic E-state index is 14.9. The molecule has 2 N–H and O–H groups in total. The summed E-state index contributed by atoms with van der Waals surface area (Å²) in [7, 11) is 0. The molecular weight excluding hydrogens is 549 g/mol. The van der Waals surface area contributed by atoms with Gasteiger partial charge in [-0.15, -0.1) is 11.3 Å². The van der Waals surface area contributed by atoms with Crippen LogP contribution >= 0.6 is 22.9 Å². The van der Waals surface area contributed by atoms with E-state index >= 15 is 0 Å². The van der Waals surface area contributed by atoms with Crippen molar-refractivity contribution in [2.75, 3.05) is 32.8 Å². The van der Waals surface area contributed by atoms with Crippen LogP contribution < -0.4 is 5.32 Å². The molecule has 2 aliphatic rings. The number of carboxylic acids is 1. The number of hydrogen-bond acceptors (Lipinski definition) is 9. The molecule has 1 aromatic carbocycles. The van der Waals surface area contributed by atoms with Gasteiger partial charge < -0.3 is 19.9 Å². The highest BCUT2D eigenvalue weighted by Gasteiger charge is 2.46. The fourth-order valence-electron chi connectivity index (χ4n) is 4.29. The van der Waals surface area contributed by atoms with Crippen LogP contribution in [0.2, 0.25) is 5.02 Å². The van der Waals surface area contributed by atoms with Gasteiger partial charge in [-0.05, 0) is 25.5 Å². The van der Waals surface area contributed by atoms with Crippen molar-refractivity contribution in [1.29, 1.82) is 0 Å². The van der Waals surface area contributed by atoms with Crippen molar-refractivity contribution in [3.8, 4) is 0 Å². The third kappa shape index (κ3) is 6.34. The minimum Gasteiger partial charge on any atom is -0.480 e. The van der Waals surface area contributed by atoms with Gasteiger partial charge in [0.2, 0.25) is 0 Å². The van der Waals surface area contributed by atoms with Gasteiger partial charge in [0.1, 0.15) is 24.6 Å². The first-order valence-electron chi connectivity index (χ1n) is 11.6. The minimum atomic E-state index is -3.33. The Bertz CT molecular complexity index is 1260. The summed E-state index contributed by atoms with van der Waals surface area (Å²) in [6.45, 7) is 0.147. The molecule has 2 unspecified atom stereocenters. The largest absolute Gasteiger partial charge is 0.480 e. The van der Waals surface area contributed by atoms with Crippen LogP contribution in [0.5, 0.6) is 0 Å². The zero-order chi connectivity index (χ0) is 27.4. The van der Waals surface area contributed by atoms with Crippen molar-refractivity contribution >= 4 is 40.7 Å². The van der Waals surface area contributed by atoms with Crippen LogP contribution in [-0.4, -0.2) is 77.6 Å². The van der Waals surface area contributed by atoms with Crippen molar-refractivity contribution in [2.24, 2.45) is 4.99 Å². The molecule has 1 saturated heterocycles. The Kier molecular flexibility index (Phi) is 8.71. The molecule has 4 rings (SSSR count). The van der Waals surface area contributed by atoms with Gasteiger partial charge in [-0.1, -0.05) is 17.7 Å². The van der Waals surface area contributed by atoms with Crippen LogP contribution in [0.15, 0.2) is 46.0 Å². The van der Waals surface area contributed by atoms with Gasteiger partial charge in [-0.25, -0.2) is 27.7 Å². The number of nitrogens with one attached hydrogen (secondary N) is 1. The highest BCUT2D eigenvalue weighted by atomic mass is 35.5. The molecule has 2 atom stereocenters. The quantitative estimate of drug-likeness (QED) is 0.438. The molecule has 0 bridgehead atoms. The molecule has 0 aliphatic carbocycles. The van der Waals surface area contributed by atoms with Crippen LogP contribution in [0.4, 0.5) is 13.2 Å². The molecule has 9 nitrogen and oxygen atoms in total. The minimum absolute atomic E-state index is 0.0308. The van der Waals surface area contributed by atoms with E-state index in [0.717, 1.165) is 6.07 Å². The SMILES string of the molecule is CCOC(=O)C1=C(CN2CCC(OCC(=O)O)C(F)(F)C2)NC(c2nccs2)=NC1c1ccc(F)cc1Cl. The van der Waals surface area contributed by atoms with Crippen LogP contribution in [0.3, 0.4) is 0 Å². The number of alkyl halides is 2. The summed E-state index contributed by atoms with van der Waals surface area (Å²) in [5, 5.41) is 14.1. The summed E-state index contributed by atoms with van der Waals surface area (Å²) in [5.74, 6) is -5.68.